The number of nitrogen functional groups attached to an aromatic ring is 1. The molecule has 0 atom stereocenters. The highest BCUT2D eigenvalue weighted by Gasteiger charge is 2.08. The molecule has 0 heterocycles. The fourth-order valence-electron chi connectivity index (χ4n) is 2.32. The van der Waals surface area contributed by atoms with Crippen molar-refractivity contribution in [3.05, 3.63) is 48.0 Å². The number of hydrogen-bond donors (Lipinski definition) is 2. The molecule has 0 saturated carbocycles. The van der Waals surface area contributed by atoms with Gasteiger partial charge < -0.3 is 20.5 Å². The van der Waals surface area contributed by atoms with Gasteiger partial charge in [0.1, 0.15) is 11.5 Å². The summed E-state index contributed by atoms with van der Waals surface area (Å²) in [6.45, 7) is 2.69. The van der Waals surface area contributed by atoms with E-state index in [2.05, 4.69) is 5.32 Å². The van der Waals surface area contributed by atoms with Gasteiger partial charge in [-0.3, -0.25) is 4.79 Å². The summed E-state index contributed by atoms with van der Waals surface area (Å²) in [4.78, 5) is 12.1. The maximum Gasteiger partial charge on any atom is 0.224 e. The highest BCUT2D eigenvalue weighted by Crippen LogP contribution is 2.25. The van der Waals surface area contributed by atoms with Crippen LogP contribution in [0.5, 0.6) is 11.5 Å². The van der Waals surface area contributed by atoms with Crippen LogP contribution in [0.2, 0.25) is 0 Å². The molecule has 128 valence electrons. The van der Waals surface area contributed by atoms with Gasteiger partial charge in [-0.15, -0.1) is 0 Å². The van der Waals surface area contributed by atoms with Crippen LogP contribution in [0, 0.1) is 0 Å². The second-order valence-corrected chi connectivity index (χ2v) is 5.47. The highest BCUT2D eigenvalue weighted by atomic mass is 16.5. The lowest BCUT2D eigenvalue weighted by Crippen LogP contribution is -2.13. The number of para-hydroxylation sites is 2. The first-order valence-electron chi connectivity index (χ1n) is 8.08. The van der Waals surface area contributed by atoms with Gasteiger partial charge in [-0.2, -0.15) is 0 Å². The van der Waals surface area contributed by atoms with E-state index in [1.54, 1.807) is 7.11 Å². The predicted molar refractivity (Wildman–Crippen MR) is 96.6 cm³/mol. The lowest BCUT2D eigenvalue weighted by Gasteiger charge is -2.11. The molecule has 1 amide bonds. The number of carbonyl (C=O) groups is 1. The Morgan fingerprint density at radius 1 is 1.17 bits per heavy atom. The van der Waals surface area contributed by atoms with Gasteiger partial charge in [0.25, 0.3) is 0 Å². The molecule has 0 aliphatic rings. The Hall–Kier alpha value is -2.69. The van der Waals surface area contributed by atoms with Crippen molar-refractivity contribution in [3.63, 3.8) is 0 Å². The number of amides is 1. The molecule has 0 aliphatic carbocycles. The van der Waals surface area contributed by atoms with Crippen LogP contribution in [-0.2, 0) is 11.2 Å². The quantitative estimate of drug-likeness (QED) is 0.726. The van der Waals surface area contributed by atoms with Gasteiger partial charge >= 0.3 is 0 Å². The van der Waals surface area contributed by atoms with Crippen molar-refractivity contribution in [1.29, 1.82) is 0 Å². The van der Waals surface area contributed by atoms with Crippen molar-refractivity contribution in [2.45, 2.75) is 26.2 Å². The fourth-order valence-corrected chi connectivity index (χ4v) is 2.32. The molecule has 0 fully saturated rings. The maximum atomic E-state index is 12.1. The van der Waals surface area contributed by atoms with Gasteiger partial charge in [-0.25, -0.2) is 0 Å². The summed E-state index contributed by atoms with van der Waals surface area (Å²) >= 11 is 0. The van der Waals surface area contributed by atoms with E-state index < -0.39 is 0 Å². The number of anilines is 2. The zero-order chi connectivity index (χ0) is 17.4. The Balaban J connectivity index is 1.90. The molecule has 0 spiro atoms. The smallest absolute Gasteiger partial charge is 0.224 e. The van der Waals surface area contributed by atoms with Crippen LogP contribution < -0.4 is 20.5 Å². The second-order valence-electron chi connectivity index (χ2n) is 5.47. The largest absolute Gasteiger partial charge is 0.495 e. The van der Waals surface area contributed by atoms with E-state index in [0.29, 0.717) is 42.3 Å². The number of methoxy groups -OCH3 is 1. The summed E-state index contributed by atoms with van der Waals surface area (Å²) in [5, 5.41) is 2.87. The summed E-state index contributed by atoms with van der Waals surface area (Å²) in [6, 6.07) is 13.0. The highest BCUT2D eigenvalue weighted by molar-refractivity contribution is 5.92. The zero-order valence-electron chi connectivity index (χ0n) is 14.2. The van der Waals surface area contributed by atoms with Crippen LogP contribution in [0.3, 0.4) is 0 Å². The molecule has 5 heteroatoms. The molecular formula is C19H24N2O3. The van der Waals surface area contributed by atoms with Crippen LogP contribution in [0.4, 0.5) is 11.4 Å². The van der Waals surface area contributed by atoms with Gasteiger partial charge in [-0.1, -0.05) is 25.1 Å². The lowest BCUT2D eigenvalue weighted by molar-refractivity contribution is -0.116. The normalized spacial score (nSPS) is 10.2. The summed E-state index contributed by atoms with van der Waals surface area (Å²) in [5.41, 5.74) is 8.27. The number of nitrogens with one attached hydrogen (secondary N) is 1. The van der Waals surface area contributed by atoms with Crippen molar-refractivity contribution in [1.82, 2.24) is 0 Å². The van der Waals surface area contributed by atoms with E-state index >= 15 is 0 Å². The third-order valence-corrected chi connectivity index (χ3v) is 3.56. The molecule has 0 saturated heterocycles. The van der Waals surface area contributed by atoms with Crippen molar-refractivity contribution in [3.8, 4) is 11.5 Å². The van der Waals surface area contributed by atoms with E-state index in [0.717, 1.165) is 12.0 Å². The topological polar surface area (TPSA) is 73.6 Å². The van der Waals surface area contributed by atoms with E-state index in [1.807, 2.05) is 49.4 Å². The molecule has 2 rings (SSSR count). The fraction of sp³-hybridized carbons (Fsp3) is 0.316. The standard InChI is InChI=1S/C19H24N2O3/c1-3-12-24-17-10-8-14(13-15(17)20)9-11-19(22)21-16-6-4-5-7-18(16)23-2/h4-8,10,13H,3,9,11-12,20H2,1-2H3,(H,21,22). The first-order valence-corrected chi connectivity index (χ1v) is 8.08. The van der Waals surface area contributed by atoms with Gasteiger partial charge in [0, 0.05) is 6.42 Å². The van der Waals surface area contributed by atoms with Gasteiger partial charge in [0.05, 0.1) is 25.1 Å². The zero-order valence-corrected chi connectivity index (χ0v) is 14.2. The SMILES string of the molecule is CCCOc1ccc(CCC(=O)Nc2ccccc2OC)cc1N. The summed E-state index contributed by atoms with van der Waals surface area (Å²) in [7, 11) is 1.58. The Morgan fingerprint density at radius 3 is 2.67 bits per heavy atom. The van der Waals surface area contributed by atoms with Crippen LogP contribution >= 0.6 is 0 Å². The Morgan fingerprint density at radius 2 is 1.96 bits per heavy atom. The first kappa shape index (κ1) is 17.7. The number of aryl methyl sites for hydroxylation is 1. The van der Waals surface area contributed by atoms with Crippen molar-refractivity contribution >= 4 is 17.3 Å². The third-order valence-electron chi connectivity index (χ3n) is 3.56. The van der Waals surface area contributed by atoms with Crippen LogP contribution in [-0.4, -0.2) is 19.6 Å². The minimum atomic E-state index is -0.0654. The van der Waals surface area contributed by atoms with E-state index in [4.69, 9.17) is 15.2 Å². The molecule has 0 aliphatic heterocycles. The van der Waals surface area contributed by atoms with Gasteiger partial charge in [0.2, 0.25) is 5.91 Å². The number of hydrogen-bond acceptors (Lipinski definition) is 4. The van der Waals surface area contributed by atoms with Gasteiger partial charge in [0.15, 0.2) is 0 Å². The molecule has 0 unspecified atom stereocenters. The molecular weight excluding hydrogens is 304 g/mol. The third kappa shape index (κ3) is 4.91. The second kappa shape index (κ2) is 8.82. The number of ether oxygens (including phenoxy) is 2. The summed E-state index contributed by atoms with van der Waals surface area (Å²) < 4.78 is 10.8. The molecule has 3 N–H and O–H groups in total. The lowest BCUT2D eigenvalue weighted by atomic mass is 10.1. The number of benzene rings is 2. The molecule has 2 aromatic rings. The van der Waals surface area contributed by atoms with Crippen molar-refractivity contribution in [2.24, 2.45) is 0 Å². The molecule has 0 aromatic heterocycles. The molecule has 2 aromatic carbocycles. The molecule has 5 nitrogen and oxygen atoms in total. The van der Waals surface area contributed by atoms with E-state index in [9.17, 15) is 4.79 Å². The number of rotatable bonds is 8. The molecule has 0 bridgehead atoms. The first-order chi connectivity index (χ1) is 11.6. The van der Waals surface area contributed by atoms with Crippen molar-refractivity contribution in [2.75, 3.05) is 24.8 Å². The summed E-state index contributed by atoms with van der Waals surface area (Å²) in [5.74, 6) is 1.27. The number of carbonyl (C=O) groups excluding carboxylic acids is 1. The van der Waals surface area contributed by atoms with E-state index in [1.165, 1.54) is 0 Å². The Labute approximate surface area is 142 Å². The Bertz CT molecular complexity index is 686. The average Bonchev–Trinajstić information content (AvgIpc) is 2.59. The van der Waals surface area contributed by atoms with E-state index in [-0.39, 0.29) is 5.91 Å². The van der Waals surface area contributed by atoms with Crippen molar-refractivity contribution < 1.29 is 14.3 Å². The maximum absolute atomic E-state index is 12.1. The average molecular weight is 328 g/mol. The minimum Gasteiger partial charge on any atom is -0.495 e. The monoisotopic (exact) mass is 328 g/mol. The summed E-state index contributed by atoms with van der Waals surface area (Å²) in [6.07, 6.45) is 1.91. The van der Waals surface area contributed by atoms with Crippen LogP contribution in [0.1, 0.15) is 25.3 Å². The molecule has 24 heavy (non-hydrogen) atoms. The van der Waals surface area contributed by atoms with Crippen LogP contribution in [0.15, 0.2) is 42.5 Å². The Kier molecular flexibility index (Phi) is 6.49. The van der Waals surface area contributed by atoms with Gasteiger partial charge in [-0.05, 0) is 42.7 Å². The molecule has 0 radical (unpaired) electrons. The number of nitrogens with two attached hydrogens (primary N) is 1. The van der Waals surface area contributed by atoms with Crippen LogP contribution in [0.25, 0.3) is 0 Å². The predicted octanol–water partition coefficient (Wildman–Crippen LogP) is 3.64. The minimum absolute atomic E-state index is 0.0654.